The second-order valence-corrected chi connectivity index (χ2v) is 6.35. The summed E-state index contributed by atoms with van der Waals surface area (Å²) in [6.07, 6.45) is -0.304. The third-order valence-corrected chi connectivity index (χ3v) is 4.50. The van der Waals surface area contributed by atoms with E-state index >= 15 is 0 Å². The zero-order chi connectivity index (χ0) is 17.7. The Bertz CT molecular complexity index is 604. The van der Waals surface area contributed by atoms with Crippen molar-refractivity contribution in [1.82, 2.24) is 9.80 Å². The molecule has 0 radical (unpaired) electrons. The molecule has 1 fully saturated rings. The number of halogens is 2. The lowest BCUT2D eigenvalue weighted by Gasteiger charge is -2.36. The third kappa shape index (κ3) is 4.75. The van der Waals surface area contributed by atoms with Crippen molar-refractivity contribution in [3.63, 3.8) is 0 Å². The topological polar surface area (TPSA) is 61.9 Å². The number of nitrogens with zero attached hydrogens (tertiary/aromatic N) is 2. The van der Waals surface area contributed by atoms with Crippen LogP contribution in [0.25, 0.3) is 0 Å². The van der Waals surface area contributed by atoms with Crippen LogP contribution in [0.1, 0.15) is 13.8 Å². The van der Waals surface area contributed by atoms with Crippen molar-refractivity contribution >= 4 is 40.9 Å². The smallest absolute Gasteiger partial charge is 0.409 e. The molecule has 8 heteroatoms. The van der Waals surface area contributed by atoms with Gasteiger partial charge in [-0.05, 0) is 32.0 Å². The van der Waals surface area contributed by atoms with Gasteiger partial charge in [0.25, 0.3) is 0 Å². The molecule has 2 amide bonds. The first-order chi connectivity index (χ1) is 11.4. The van der Waals surface area contributed by atoms with Crippen LogP contribution in [0.2, 0.25) is 10.0 Å². The van der Waals surface area contributed by atoms with Gasteiger partial charge in [0.05, 0.1) is 23.4 Å². The number of nitrogens with one attached hydrogen (secondary N) is 1. The fraction of sp³-hybridized carbons (Fsp3) is 0.500. The number of anilines is 1. The first-order valence-corrected chi connectivity index (χ1v) is 8.59. The molecule has 0 spiro atoms. The van der Waals surface area contributed by atoms with Crippen molar-refractivity contribution in [3.05, 3.63) is 28.2 Å². The van der Waals surface area contributed by atoms with Gasteiger partial charge in [-0.3, -0.25) is 9.69 Å². The highest BCUT2D eigenvalue weighted by Crippen LogP contribution is 2.25. The van der Waals surface area contributed by atoms with Crippen molar-refractivity contribution in [2.24, 2.45) is 0 Å². The molecule has 1 heterocycles. The summed E-state index contributed by atoms with van der Waals surface area (Å²) in [7, 11) is 0. The van der Waals surface area contributed by atoms with Crippen LogP contribution >= 0.6 is 23.2 Å². The molecule has 1 N–H and O–H groups in total. The summed E-state index contributed by atoms with van der Waals surface area (Å²) in [5.74, 6) is -0.149. The van der Waals surface area contributed by atoms with E-state index in [1.807, 2.05) is 11.8 Å². The minimum Gasteiger partial charge on any atom is -0.450 e. The van der Waals surface area contributed by atoms with Crippen molar-refractivity contribution in [2.45, 2.75) is 19.9 Å². The van der Waals surface area contributed by atoms with Crippen molar-refractivity contribution in [3.8, 4) is 0 Å². The lowest BCUT2D eigenvalue weighted by molar-refractivity contribution is -0.121. The second kappa shape index (κ2) is 8.55. The van der Waals surface area contributed by atoms with Gasteiger partial charge in [0, 0.05) is 31.2 Å². The van der Waals surface area contributed by atoms with Gasteiger partial charge < -0.3 is 15.0 Å². The summed E-state index contributed by atoms with van der Waals surface area (Å²) in [5, 5.41) is 3.73. The lowest BCUT2D eigenvalue weighted by Crippen LogP contribution is -2.54. The highest BCUT2D eigenvalue weighted by atomic mass is 35.5. The molecule has 0 saturated carbocycles. The van der Waals surface area contributed by atoms with Crippen molar-refractivity contribution in [1.29, 1.82) is 0 Å². The zero-order valence-electron chi connectivity index (χ0n) is 13.7. The average molecular weight is 374 g/mol. The molecule has 1 aliphatic rings. The van der Waals surface area contributed by atoms with E-state index in [2.05, 4.69) is 5.32 Å². The largest absolute Gasteiger partial charge is 0.450 e. The van der Waals surface area contributed by atoms with E-state index in [0.29, 0.717) is 48.5 Å². The maximum Gasteiger partial charge on any atom is 0.409 e. The summed E-state index contributed by atoms with van der Waals surface area (Å²) >= 11 is 11.9. The number of carbonyl (C=O) groups is 2. The number of piperazine rings is 1. The monoisotopic (exact) mass is 373 g/mol. The van der Waals surface area contributed by atoms with Crippen LogP contribution in [-0.4, -0.2) is 60.6 Å². The van der Waals surface area contributed by atoms with E-state index in [9.17, 15) is 9.59 Å². The predicted octanol–water partition coefficient (Wildman–Crippen LogP) is 3.09. The maximum absolute atomic E-state index is 12.4. The summed E-state index contributed by atoms with van der Waals surface area (Å²) < 4.78 is 4.99. The summed E-state index contributed by atoms with van der Waals surface area (Å²) in [6.45, 7) is 6.28. The normalized spacial score (nSPS) is 16.6. The van der Waals surface area contributed by atoms with Crippen LogP contribution in [0.15, 0.2) is 18.2 Å². The van der Waals surface area contributed by atoms with Crippen LogP contribution in [0.3, 0.4) is 0 Å². The van der Waals surface area contributed by atoms with Crippen LogP contribution in [0.5, 0.6) is 0 Å². The van der Waals surface area contributed by atoms with E-state index in [-0.39, 0.29) is 18.0 Å². The molecule has 0 bridgehead atoms. The predicted molar refractivity (Wildman–Crippen MR) is 94.7 cm³/mol. The highest BCUT2D eigenvalue weighted by molar-refractivity contribution is 6.36. The fourth-order valence-electron chi connectivity index (χ4n) is 2.50. The van der Waals surface area contributed by atoms with Gasteiger partial charge in [0.2, 0.25) is 5.91 Å². The number of rotatable bonds is 4. The summed E-state index contributed by atoms with van der Waals surface area (Å²) in [5.41, 5.74) is 0.531. The molecule has 1 saturated heterocycles. The molecule has 1 unspecified atom stereocenters. The Balaban J connectivity index is 1.89. The lowest BCUT2D eigenvalue weighted by atomic mass is 10.2. The van der Waals surface area contributed by atoms with E-state index in [0.717, 1.165) is 0 Å². The SMILES string of the molecule is CCOC(=O)N1CCN(C(C)C(=O)Nc2ccc(Cl)cc2Cl)CC1. The minimum atomic E-state index is -0.332. The molecule has 24 heavy (non-hydrogen) atoms. The number of benzene rings is 1. The molecule has 1 aromatic rings. The molecule has 6 nitrogen and oxygen atoms in total. The Kier molecular flexibility index (Phi) is 6.71. The highest BCUT2D eigenvalue weighted by Gasteiger charge is 2.28. The van der Waals surface area contributed by atoms with Gasteiger partial charge in [-0.15, -0.1) is 0 Å². The zero-order valence-corrected chi connectivity index (χ0v) is 15.2. The molecule has 1 atom stereocenters. The molecular weight excluding hydrogens is 353 g/mol. The van der Waals surface area contributed by atoms with E-state index in [4.69, 9.17) is 27.9 Å². The quantitative estimate of drug-likeness (QED) is 0.880. The van der Waals surface area contributed by atoms with Gasteiger partial charge in [-0.2, -0.15) is 0 Å². The van der Waals surface area contributed by atoms with Gasteiger partial charge in [-0.1, -0.05) is 23.2 Å². The van der Waals surface area contributed by atoms with Crippen molar-refractivity contribution in [2.75, 3.05) is 38.1 Å². The van der Waals surface area contributed by atoms with Gasteiger partial charge in [0.1, 0.15) is 0 Å². The van der Waals surface area contributed by atoms with Crippen LogP contribution < -0.4 is 5.32 Å². The standard InChI is InChI=1S/C16H21Cl2N3O3/c1-3-24-16(23)21-8-6-20(7-9-21)11(2)15(22)19-14-5-4-12(17)10-13(14)18/h4-5,10-11H,3,6-9H2,1-2H3,(H,19,22). The number of amides is 2. The molecule has 1 aromatic carbocycles. The van der Waals surface area contributed by atoms with E-state index in [1.165, 1.54) is 0 Å². The Hall–Kier alpha value is -1.50. The van der Waals surface area contributed by atoms with Gasteiger partial charge >= 0.3 is 6.09 Å². The Morgan fingerprint density at radius 3 is 2.50 bits per heavy atom. The Morgan fingerprint density at radius 1 is 1.25 bits per heavy atom. The molecule has 0 aliphatic carbocycles. The fourth-order valence-corrected chi connectivity index (χ4v) is 2.96. The van der Waals surface area contributed by atoms with Crippen LogP contribution in [-0.2, 0) is 9.53 Å². The maximum atomic E-state index is 12.4. The minimum absolute atomic E-state index is 0.149. The molecule has 2 rings (SSSR count). The third-order valence-electron chi connectivity index (χ3n) is 3.96. The molecule has 132 valence electrons. The van der Waals surface area contributed by atoms with Crippen LogP contribution in [0, 0.1) is 0 Å². The number of ether oxygens (including phenoxy) is 1. The number of hydrogen-bond acceptors (Lipinski definition) is 4. The summed E-state index contributed by atoms with van der Waals surface area (Å²) in [4.78, 5) is 27.8. The second-order valence-electron chi connectivity index (χ2n) is 5.51. The Morgan fingerprint density at radius 2 is 1.92 bits per heavy atom. The molecule has 1 aliphatic heterocycles. The number of carbonyl (C=O) groups excluding carboxylic acids is 2. The first kappa shape index (κ1) is 18.8. The van der Waals surface area contributed by atoms with Gasteiger partial charge in [0.15, 0.2) is 0 Å². The summed E-state index contributed by atoms with van der Waals surface area (Å²) in [6, 6.07) is 4.60. The van der Waals surface area contributed by atoms with E-state index in [1.54, 1.807) is 30.0 Å². The van der Waals surface area contributed by atoms with Crippen LogP contribution in [0.4, 0.5) is 10.5 Å². The first-order valence-electron chi connectivity index (χ1n) is 7.84. The Labute approximate surface area is 151 Å². The van der Waals surface area contributed by atoms with Crippen molar-refractivity contribution < 1.29 is 14.3 Å². The van der Waals surface area contributed by atoms with Gasteiger partial charge in [-0.25, -0.2) is 4.79 Å². The average Bonchev–Trinajstić information content (AvgIpc) is 2.57. The number of hydrogen-bond donors (Lipinski definition) is 1. The van der Waals surface area contributed by atoms with E-state index < -0.39 is 0 Å². The molecular formula is C16H21Cl2N3O3. The molecule has 0 aromatic heterocycles.